The Morgan fingerprint density at radius 2 is 2.05 bits per heavy atom. The Kier molecular flexibility index (Phi) is 3.89. The quantitative estimate of drug-likeness (QED) is 0.691. The van der Waals surface area contributed by atoms with Crippen LogP contribution < -0.4 is 5.32 Å². The monoisotopic (exact) mass is 338 g/mol. The number of hydrogen-bond acceptors (Lipinski definition) is 5. The van der Waals surface area contributed by atoms with Gasteiger partial charge in [-0.3, -0.25) is 0 Å². The van der Waals surface area contributed by atoms with Crippen molar-refractivity contribution < 1.29 is 16.8 Å². The van der Waals surface area contributed by atoms with Gasteiger partial charge in [-0.1, -0.05) is 0 Å². The summed E-state index contributed by atoms with van der Waals surface area (Å²) in [6.07, 6.45) is 2.08. The lowest BCUT2D eigenvalue weighted by Crippen LogP contribution is -2.54. The number of rotatable bonds is 2. The van der Waals surface area contributed by atoms with Crippen molar-refractivity contribution in [2.75, 3.05) is 24.3 Å². The van der Waals surface area contributed by atoms with Crippen LogP contribution in [0.25, 0.3) is 0 Å². The molecule has 0 aromatic rings. The third kappa shape index (κ3) is 3.32. The van der Waals surface area contributed by atoms with E-state index in [4.69, 9.17) is 12.2 Å². The smallest absolute Gasteiger partial charge is 0.173 e. The molecule has 2 aliphatic heterocycles. The van der Waals surface area contributed by atoms with Gasteiger partial charge in [0.2, 0.25) is 0 Å². The molecule has 1 fully saturated rings. The molecule has 20 heavy (non-hydrogen) atoms. The average molecular weight is 338 g/mol. The van der Waals surface area contributed by atoms with Crippen LogP contribution in [0.2, 0.25) is 0 Å². The zero-order valence-electron chi connectivity index (χ0n) is 11.4. The predicted octanol–water partition coefficient (Wildman–Crippen LogP) is -0.319. The van der Waals surface area contributed by atoms with Gasteiger partial charge < -0.3 is 10.2 Å². The summed E-state index contributed by atoms with van der Waals surface area (Å²) in [6, 6.07) is -0.350. The molecule has 114 valence electrons. The van der Waals surface area contributed by atoms with Crippen LogP contribution in [0.4, 0.5) is 0 Å². The van der Waals surface area contributed by atoms with E-state index in [0.717, 1.165) is 0 Å². The molecule has 0 aliphatic carbocycles. The molecule has 9 heteroatoms. The van der Waals surface area contributed by atoms with Gasteiger partial charge in [0.15, 0.2) is 24.8 Å². The van der Waals surface area contributed by atoms with Crippen LogP contribution in [0.5, 0.6) is 0 Å². The summed E-state index contributed by atoms with van der Waals surface area (Å²) in [4.78, 5) is 1.73. The SMILES string of the molecule is CN(C(=S)N[C@H]1C=CS(=O)(=O)C1)[C@@]1(C)CCS(=O)(=O)C1. The van der Waals surface area contributed by atoms with Gasteiger partial charge in [-0.2, -0.15) is 0 Å². The topological polar surface area (TPSA) is 83.6 Å². The van der Waals surface area contributed by atoms with Crippen molar-refractivity contribution in [3.05, 3.63) is 11.5 Å². The van der Waals surface area contributed by atoms with E-state index >= 15 is 0 Å². The van der Waals surface area contributed by atoms with E-state index in [0.29, 0.717) is 11.5 Å². The summed E-state index contributed by atoms with van der Waals surface area (Å²) >= 11 is 5.26. The third-order valence-electron chi connectivity index (χ3n) is 3.84. The molecular formula is C11H18N2O4S3. The minimum atomic E-state index is -3.14. The minimum Gasteiger partial charge on any atom is -0.355 e. The van der Waals surface area contributed by atoms with Crippen LogP contribution >= 0.6 is 12.2 Å². The molecule has 0 saturated carbocycles. The highest BCUT2D eigenvalue weighted by molar-refractivity contribution is 7.94. The van der Waals surface area contributed by atoms with Crippen molar-refractivity contribution in [2.45, 2.75) is 24.9 Å². The Morgan fingerprint density at radius 1 is 1.40 bits per heavy atom. The Hall–Kier alpha value is -0.670. The van der Waals surface area contributed by atoms with E-state index in [2.05, 4.69) is 5.32 Å². The highest BCUT2D eigenvalue weighted by Gasteiger charge is 2.42. The van der Waals surface area contributed by atoms with Gasteiger partial charge in [-0.15, -0.1) is 0 Å². The summed E-state index contributed by atoms with van der Waals surface area (Å²) in [5.74, 6) is 0.210. The lowest BCUT2D eigenvalue weighted by molar-refractivity contribution is 0.258. The molecule has 0 aromatic carbocycles. The Bertz CT molecular complexity index is 653. The molecule has 0 radical (unpaired) electrons. The van der Waals surface area contributed by atoms with Gasteiger partial charge in [0.25, 0.3) is 0 Å². The lowest BCUT2D eigenvalue weighted by atomic mass is 10.0. The average Bonchev–Trinajstić information content (AvgIpc) is 2.78. The highest BCUT2D eigenvalue weighted by atomic mass is 32.2. The fraction of sp³-hybridized carbons (Fsp3) is 0.727. The first-order chi connectivity index (χ1) is 9.03. The molecule has 2 atom stereocenters. The summed E-state index contributed by atoms with van der Waals surface area (Å²) in [7, 11) is -4.41. The van der Waals surface area contributed by atoms with Gasteiger partial charge in [-0.25, -0.2) is 16.8 Å². The van der Waals surface area contributed by atoms with E-state index in [1.54, 1.807) is 18.0 Å². The number of nitrogens with zero attached hydrogens (tertiary/aromatic N) is 1. The van der Waals surface area contributed by atoms with Gasteiger partial charge in [0.1, 0.15) is 0 Å². The second kappa shape index (κ2) is 4.96. The number of thiocarbonyl (C=S) groups is 1. The Labute approximate surface area is 125 Å². The van der Waals surface area contributed by atoms with Gasteiger partial charge in [0, 0.05) is 12.5 Å². The summed E-state index contributed by atoms with van der Waals surface area (Å²) in [6.45, 7) is 1.85. The van der Waals surface area contributed by atoms with Crippen molar-refractivity contribution >= 4 is 37.0 Å². The van der Waals surface area contributed by atoms with Crippen LogP contribution in [-0.2, 0) is 19.7 Å². The maximum atomic E-state index is 11.6. The third-order valence-corrected chi connectivity index (χ3v) is 7.51. The Balaban J connectivity index is 2.02. The van der Waals surface area contributed by atoms with Gasteiger partial charge in [0.05, 0.1) is 28.8 Å². The fourth-order valence-corrected chi connectivity index (χ4v) is 6.21. The standard InChI is InChI=1S/C11H18N2O4S3/c1-11(4-6-20(16,17)8-11)13(2)10(18)12-9-3-5-19(14,15)7-9/h3,5,9H,4,6-8H2,1-2H3,(H,12,18)/t9-,11-/m0/s1. The largest absolute Gasteiger partial charge is 0.355 e. The van der Waals surface area contributed by atoms with Gasteiger partial charge in [-0.05, 0) is 31.6 Å². The van der Waals surface area contributed by atoms with Gasteiger partial charge >= 0.3 is 0 Å². The van der Waals surface area contributed by atoms with Crippen molar-refractivity contribution in [1.29, 1.82) is 0 Å². The molecule has 0 amide bonds. The summed E-state index contributed by atoms with van der Waals surface area (Å²) in [5.41, 5.74) is -0.538. The predicted molar refractivity (Wildman–Crippen MR) is 81.9 cm³/mol. The van der Waals surface area contributed by atoms with Crippen LogP contribution in [0.3, 0.4) is 0 Å². The first-order valence-corrected chi connectivity index (χ1v) is 10.1. The molecule has 0 aromatic heterocycles. The Morgan fingerprint density at radius 3 is 2.50 bits per heavy atom. The molecule has 1 saturated heterocycles. The number of nitrogens with one attached hydrogen (secondary N) is 1. The van der Waals surface area contributed by atoms with Crippen LogP contribution in [0.15, 0.2) is 11.5 Å². The normalized spacial score (nSPS) is 34.0. The molecule has 2 rings (SSSR count). The molecule has 2 aliphatic rings. The van der Waals surface area contributed by atoms with Crippen molar-refractivity contribution in [3.8, 4) is 0 Å². The zero-order valence-corrected chi connectivity index (χ0v) is 13.8. The lowest BCUT2D eigenvalue weighted by Gasteiger charge is -2.37. The van der Waals surface area contributed by atoms with Crippen molar-refractivity contribution in [2.24, 2.45) is 0 Å². The molecule has 1 N–H and O–H groups in total. The maximum Gasteiger partial charge on any atom is 0.173 e. The molecule has 2 heterocycles. The first kappa shape index (κ1) is 15.7. The second-order valence-electron chi connectivity index (χ2n) is 5.61. The molecule has 0 unspecified atom stereocenters. The van der Waals surface area contributed by atoms with E-state index in [9.17, 15) is 16.8 Å². The maximum absolute atomic E-state index is 11.6. The minimum absolute atomic E-state index is 0.0179. The zero-order chi connectivity index (χ0) is 15.2. The van der Waals surface area contributed by atoms with Crippen LogP contribution in [-0.4, -0.2) is 62.7 Å². The second-order valence-corrected chi connectivity index (χ2v) is 10.1. The number of hydrogen-bond donors (Lipinski definition) is 1. The van der Waals surface area contributed by atoms with Crippen LogP contribution in [0, 0.1) is 0 Å². The van der Waals surface area contributed by atoms with E-state index in [1.165, 1.54) is 5.41 Å². The fourth-order valence-electron chi connectivity index (χ4n) is 2.42. The first-order valence-electron chi connectivity index (χ1n) is 6.19. The van der Waals surface area contributed by atoms with E-state index in [1.807, 2.05) is 6.92 Å². The molecular weight excluding hydrogens is 320 g/mol. The number of sulfone groups is 2. The van der Waals surface area contributed by atoms with Crippen LogP contribution in [0.1, 0.15) is 13.3 Å². The summed E-state index contributed by atoms with van der Waals surface area (Å²) in [5, 5.41) is 4.51. The highest BCUT2D eigenvalue weighted by Crippen LogP contribution is 2.28. The summed E-state index contributed by atoms with van der Waals surface area (Å²) < 4.78 is 45.9. The molecule has 6 nitrogen and oxygen atoms in total. The van der Waals surface area contributed by atoms with Crippen molar-refractivity contribution in [3.63, 3.8) is 0 Å². The molecule has 0 spiro atoms. The van der Waals surface area contributed by atoms with E-state index in [-0.39, 0.29) is 23.3 Å². The van der Waals surface area contributed by atoms with Crippen molar-refractivity contribution in [1.82, 2.24) is 10.2 Å². The molecule has 0 bridgehead atoms. The van der Waals surface area contributed by atoms with E-state index < -0.39 is 25.2 Å².